The summed E-state index contributed by atoms with van der Waals surface area (Å²) in [5, 5.41) is 3.60. The zero-order chi connectivity index (χ0) is 14.5. The molecule has 0 unspecified atom stereocenters. The SMILES string of the molecule is Cc1noc(CCCC(=O)N(C)CCC(F)(F)F)n1. The minimum Gasteiger partial charge on any atom is -0.345 e. The second-order valence-electron chi connectivity index (χ2n) is 4.27. The maximum absolute atomic E-state index is 12.0. The fraction of sp³-hybridized carbons (Fsp3) is 0.727. The largest absolute Gasteiger partial charge is 0.390 e. The van der Waals surface area contributed by atoms with Gasteiger partial charge >= 0.3 is 6.18 Å². The minimum atomic E-state index is -4.24. The first-order valence-electron chi connectivity index (χ1n) is 5.88. The van der Waals surface area contributed by atoms with Crippen molar-refractivity contribution in [3.63, 3.8) is 0 Å². The first kappa shape index (κ1) is 15.5. The van der Waals surface area contributed by atoms with Crippen molar-refractivity contribution in [3.05, 3.63) is 11.7 Å². The lowest BCUT2D eigenvalue weighted by molar-refractivity contribution is -0.144. The van der Waals surface area contributed by atoms with Crippen LogP contribution in [0.1, 0.15) is 31.0 Å². The number of hydrogen-bond acceptors (Lipinski definition) is 4. The highest BCUT2D eigenvalue weighted by Crippen LogP contribution is 2.19. The van der Waals surface area contributed by atoms with Gasteiger partial charge in [-0.25, -0.2) is 0 Å². The van der Waals surface area contributed by atoms with Gasteiger partial charge in [-0.05, 0) is 13.3 Å². The molecule has 1 aromatic heterocycles. The zero-order valence-electron chi connectivity index (χ0n) is 10.8. The number of amides is 1. The third-order valence-electron chi connectivity index (χ3n) is 2.51. The summed E-state index contributed by atoms with van der Waals surface area (Å²) in [7, 11) is 1.37. The van der Waals surface area contributed by atoms with Crippen molar-refractivity contribution in [3.8, 4) is 0 Å². The summed E-state index contributed by atoms with van der Waals surface area (Å²) in [5.74, 6) is 0.632. The molecule has 0 atom stereocenters. The van der Waals surface area contributed by atoms with E-state index in [4.69, 9.17) is 4.52 Å². The average Bonchev–Trinajstić information content (AvgIpc) is 2.71. The summed E-state index contributed by atoms with van der Waals surface area (Å²) >= 11 is 0. The first-order valence-corrected chi connectivity index (χ1v) is 5.88. The molecule has 0 fully saturated rings. The molecule has 0 aliphatic rings. The Morgan fingerprint density at radius 2 is 2.11 bits per heavy atom. The van der Waals surface area contributed by atoms with Crippen LogP contribution in [0, 0.1) is 6.92 Å². The van der Waals surface area contributed by atoms with Crippen molar-refractivity contribution in [1.82, 2.24) is 15.0 Å². The number of alkyl halides is 3. The monoisotopic (exact) mass is 279 g/mol. The first-order chi connectivity index (χ1) is 8.78. The normalized spacial score (nSPS) is 11.6. The van der Waals surface area contributed by atoms with Crippen LogP contribution in [0.3, 0.4) is 0 Å². The van der Waals surface area contributed by atoms with E-state index < -0.39 is 12.6 Å². The molecule has 0 radical (unpaired) electrons. The lowest BCUT2D eigenvalue weighted by atomic mass is 10.2. The van der Waals surface area contributed by atoms with Crippen LogP contribution in [-0.2, 0) is 11.2 Å². The predicted molar refractivity (Wildman–Crippen MR) is 60.3 cm³/mol. The van der Waals surface area contributed by atoms with Gasteiger partial charge in [0.1, 0.15) is 0 Å². The molecule has 1 amide bonds. The Labute approximate surface area is 108 Å². The van der Waals surface area contributed by atoms with Gasteiger partial charge in [0.25, 0.3) is 0 Å². The van der Waals surface area contributed by atoms with E-state index >= 15 is 0 Å². The van der Waals surface area contributed by atoms with E-state index in [1.165, 1.54) is 7.05 Å². The number of halogens is 3. The van der Waals surface area contributed by atoms with E-state index in [-0.39, 0.29) is 18.9 Å². The number of aryl methyl sites for hydroxylation is 2. The number of nitrogens with zero attached hydrogens (tertiary/aromatic N) is 3. The third kappa shape index (κ3) is 6.21. The van der Waals surface area contributed by atoms with Gasteiger partial charge in [0.2, 0.25) is 11.8 Å². The molecule has 0 aliphatic heterocycles. The molecular formula is C11H16F3N3O2. The van der Waals surface area contributed by atoms with E-state index in [9.17, 15) is 18.0 Å². The van der Waals surface area contributed by atoms with Crippen LogP contribution in [0.4, 0.5) is 13.2 Å². The van der Waals surface area contributed by atoms with Gasteiger partial charge in [0, 0.05) is 26.4 Å². The molecule has 8 heteroatoms. The molecule has 0 bridgehead atoms. The van der Waals surface area contributed by atoms with Crippen molar-refractivity contribution in [2.24, 2.45) is 0 Å². The van der Waals surface area contributed by atoms with Crippen molar-refractivity contribution >= 4 is 5.91 Å². The number of hydrogen-bond donors (Lipinski definition) is 0. The van der Waals surface area contributed by atoms with E-state index in [0.717, 1.165) is 4.90 Å². The van der Waals surface area contributed by atoms with Gasteiger partial charge < -0.3 is 9.42 Å². The topological polar surface area (TPSA) is 59.2 Å². The quantitative estimate of drug-likeness (QED) is 0.800. The molecule has 5 nitrogen and oxygen atoms in total. The van der Waals surface area contributed by atoms with E-state index in [1.807, 2.05) is 0 Å². The van der Waals surface area contributed by atoms with Crippen LogP contribution in [0.2, 0.25) is 0 Å². The average molecular weight is 279 g/mol. The van der Waals surface area contributed by atoms with Gasteiger partial charge in [-0.1, -0.05) is 5.16 Å². The van der Waals surface area contributed by atoms with E-state index in [0.29, 0.717) is 24.6 Å². The number of rotatable bonds is 6. The Bertz CT molecular complexity index is 418. The van der Waals surface area contributed by atoms with Crippen molar-refractivity contribution in [2.75, 3.05) is 13.6 Å². The maximum Gasteiger partial charge on any atom is 0.390 e. The van der Waals surface area contributed by atoms with Gasteiger partial charge in [0.05, 0.1) is 6.42 Å². The Morgan fingerprint density at radius 3 is 2.63 bits per heavy atom. The van der Waals surface area contributed by atoms with Crippen molar-refractivity contribution < 1.29 is 22.5 Å². The molecule has 0 saturated carbocycles. The van der Waals surface area contributed by atoms with Crippen molar-refractivity contribution in [2.45, 2.75) is 38.8 Å². The molecular weight excluding hydrogens is 263 g/mol. The summed E-state index contributed by atoms with van der Waals surface area (Å²) in [6.45, 7) is 1.37. The number of aromatic nitrogens is 2. The van der Waals surface area contributed by atoms with Crippen LogP contribution < -0.4 is 0 Å². The number of carbonyl (C=O) groups is 1. The predicted octanol–water partition coefficient (Wildman–Crippen LogP) is 2.11. The molecule has 0 spiro atoms. The van der Waals surface area contributed by atoms with Crippen LogP contribution in [0.25, 0.3) is 0 Å². The van der Waals surface area contributed by atoms with Gasteiger partial charge in [-0.2, -0.15) is 18.2 Å². The van der Waals surface area contributed by atoms with E-state index in [1.54, 1.807) is 6.92 Å². The summed E-state index contributed by atoms with van der Waals surface area (Å²) in [4.78, 5) is 16.6. The highest BCUT2D eigenvalue weighted by Gasteiger charge is 2.27. The van der Waals surface area contributed by atoms with Crippen LogP contribution in [0.15, 0.2) is 4.52 Å². The lowest BCUT2D eigenvalue weighted by Gasteiger charge is -2.17. The van der Waals surface area contributed by atoms with Crippen LogP contribution >= 0.6 is 0 Å². The maximum atomic E-state index is 12.0. The number of carbonyl (C=O) groups excluding carboxylic acids is 1. The molecule has 108 valence electrons. The molecule has 1 aromatic rings. The van der Waals surface area contributed by atoms with Crippen LogP contribution in [0.5, 0.6) is 0 Å². The fourth-order valence-electron chi connectivity index (χ4n) is 1.44. The highest BCUT2D eigenvalue weighted by atomic mass is 19.4. The smallest absolute Gasteiger partial charge is 0.345 e. The Kier molecular flexibility index (Phi) is 5.31. The Morgan fingerprint density at radius 1 is 1.42 bits per heavy atom. The van der Waals surface area contributed by atoms with Crippen molar-refractivity contribution in [1.29, 1.82) is 0 Å². The van der Waals surface area contributed by atoms with Gasteiger partial charge in [-0.3, -0.25) is 4.79 Å². The molecule has 0 aliphatic carbocycles. The molecule has 0 N–H and O–H groups in total. The molecule has 0 aromatic carbocycles. The highest BCUT2D eigenvalue weighted by molar-refractivity contribution is 5.75. The third-order valence-corrected chi connectivity index (χ3v) is 2.51. The van der Waals surface area contributed by atoms with Gasteiger partial charge in [-0.15, -0.1) is 0 Å². The second kappa shape index (κ2) is 6.53. The second-order valence-corrected chi connectivity index (χ2v) is 4.27. The summed E-state index contributed by atoms with van der Waals surface area (Å²) in [6, 6.07) is 0. The summed E-state index contributed by atoms with van der Waals surface area (Å²) < 4.78 is 40.8. The van der Waals surface area contributed by atoms with E-state index in [2.05, 4.69) is 10.1 Å². The van der Waals surface area contributed by atoms with Crippen LogP contribution in [-0.4, -0.2) is 40.7 Å². The molecule has 1 heterocycles. The Balaban J connectivity index is 2.23. The van der Waals surface area contributed by atoms with Gasteiger partial charge in [0.15, 0.2) is 5.82 Å². The molecule has 1 rings (SSSR count). The fourth-order valence-corrected chi connectivity index (χ4v) is 1.44. The standard InChI is InChI=1S/C11H16F3N3O2/c1-8-15-9(19-16-8)4-3-5-10(18)17(2)7-6-11(12,13)14/h3-7H2,1-2H3. The zero-order valence-corrected chi connectivity index (χ0v) is 10.8. The molecule has 0 saturated heterocycles. The molecule has 19 heavy (non-hydrogen) atoms. The minimum absolute atomic E-state index is 0.162. The Hall–Kier alpha value is -1.60. The lowest BCUT2D eigenvalue weighted by Crippen LogP contribution is -2.30. The summed E-state index contributed by atoms with van der Waals surface area (Å²) in [5.41, 5.74) is 0. The summed E-state index contributed by atoms with van der Waals surface area (Å²) in [6.07, 6.45) is -4.15.